The zero-order valence-electron chi connectivity index (χ0n) is 10.8. The van der Waals surface area contributed by atoms with Gasteiger partial charge in [-0.2, -0.15) is 0 Å². The van der Waals surface area contributed by atoms with E-state index in [0.717, 1.165) is 23.0 Å². The highest BCUT2D eigenvalue weighted by molar-refractivity contribution is 8.18. The summed E-state index contributed by atoms with van der Waals surface area (Å²) >= 11 is 0.813. The zero-order chi connectivity index (χ0) is 15.1. The van der Waals surface area contributed by atoms with E-state index in [-0.39, 0.29) is 10.6 Å². The smallest absolute Gasteiger partial charge is 0.290 e. The van der Waals surface area contributed by atoms with E-state index in [1.165, 1.54) is 12.1 Å². The molecule has 2 heterocycles. The molecular formula is C13H9N3O4S. The molecule has 7 nitrogen and oxygen atoms in total. The van der Waals surface area contributed by atoms with Crippen LogP contribution in [-0.2, 0) is 4.79 Å². The Labute approximate surface area is 122 Å². The molecule has 21 heavy (non-hydrogen) atoms. The summed E-state index contributed by atoms with van der Waals surface area (Å²) in [5, 5.41) is 13.3. The Morgan fingerprint density at radius 2 is 2.10 bits per heavy atom. The first-order chi connectivity index (χ1) is 9.95. The molecule has 3 rings (SSSR count). The lowest BCUT2D eigenvalue weighted by Crippen LogP contribution is -2.17. The molecule has 0 bridgehead atoms. The second-order valence-corrected chi connectivity index (χ2v) is 5.52. The summed E-state index contributed by atoms with van der Waals surface area (Å²) in [5.41, 5.74) is 2.15. The van der Waals surface area contributed by atoms with Gasteiger partial charge in [-0.3, -0.25) is 25.0 Å². The number of amides is 2. The van der Waals surface area contributed by atoms with Crippen molar-refractivity contribution in [1.29, 1.82) is 0 Å². The van der Waals surface area contributed by atoms with Crippen LogP contribution >= 0.6 is 11.8 Å². The number of nitro groups is 1. The fraction of sp³-hybridized carbons (Fsp3) is 0.0769. The highest BCUT2D eigenvalue weighted by Gasteiger charge is 2.25. The highest BCUT2D eigenvalue weighted by atomic mass is 32.2. The Hall–Kier alpha value is -2.61. The van der Waals surface area contributed by atoms with Crippen LogP contribution in [-0.4, -0.2) is 21.1 Å². The largest absolute Gasteiger partial charge is 0.358 e. The van der Waals surface area contributed by atoms with E-state index in [1.54, 1.807) is 19.1 Å². The van der Waals surface area contributed by atoms with Crippen LogP contribution in [0.4, 0.5) is 10.5 Å². The maximum Gasteiger partial charge on any atom is 0.290 e. The third-order valence-corrected chi connectivity index (χ3v) is 3.96. The van der Waals surface area contributed by atoms with Crippen molar-refractivity contribution in [3.63, 3.8) is 0 Å². The van der Waals surface area contributed by atoms with Crippen molar-refractivity contribution in [2.24, 2.45) is 0 Å². The summed E-state index contributed by atoms with van der Waals surface area (Å²) in [6.07, 6.45) is 1.57. The van der Waals surface area contributed by atoms with E-state index in [9.17, 15) is 19.7 Å². The number of rotatable bonds is 2. The average Bonchev–Trinajstić information content (AvgIpc) is 2.90. The van der Waals surface area contributed by atoms with E-state index in [4.69, 9.17) is 0 Å². The summed E-state index contributed by atoms with van der Waals surface area (Å²) in [5.74, 6) is -0.454. The lowest BCUT2D eigenvalue weighted by atomic mass is 10.1. The molecule has 2 aromatic rings. The molecule has 1 aromatic carbocycles. The number of aryl methyl sites for hydroxylation is 1. The first-order valence-electron chi connectivity index (χ1n) is 5.97. The van der Waals surface area contributed by atoms with Crippen LogP contribution in [0.5, 0.6) is 0 Å². The fourth-order valence-corrected chi connectivity index (χ4v) is 2.85. The number of benzene rings is 1. The van der Waals surface area contributed by atoms with Gasteiger partial charge in [-0.15, -0.1) is 0 Å². The van der Waals surface area contributed by atoms with Gasteiger partial charge in [0, 0.05) is 34.3 Å². The molecule has 1 aliphatic heterocycles. The minimum absolute atomic E-state index is 0.0271. The number of hydrogen-bond donors (Lipinski definition) is 2. The maximum absolute atomic E-state index is 11.6. The van der Waals surface area contributed by atoms with Crippen LogP contribution in [0.1, 0.15) is 11.3 Å². The Balaban J connectivity index is 2.17. The van der Waals surface area contributed by atoms with Gasteiger partial charge in [0.05, 0.1) is 9.83 Å². The molecule has 1 saturated heterocycles. The number of carbonyl (C=O) groups excluding carboxylic acids is 2. The van der Waals surface area contributed by atoms with Gasteiger partial charge >= 0.3 is 0 Å². The topological polar surface area (TPSA) is 105 Å². The molecule has 1 aliphatic rings. The van der Waals surface area contributed by atoms with Gasteiger partial charge in [0.2, 0.25) is 0 Å². The molecular weight excluding hydrogens is 294 g/mol. The number of non-ortho nitro benzene ring substituents is 1. The number of fused-ring (bicyclic) bond motifs is 1. The van der Waals surface area contributed by atoms with Gasteiger partial charge in [-0.25, -0.2) is 0 Å². The van der Waals surface area contributed by atoms with E-state index in [1.807, 2.05) is 0 Å². The molecule has 0 spiro atoms. The van der Waals surface area contributed by atoms with Crippen molar-refractivity contribution in [3.8, 4) is 0 Å². The SMILES string of the molecule is Cc1[nH]c2ccc([N+](=O)[O-])cc2c1/C=C1\SC(=O)NC1=O. The summed E-state index contributed by atoms with van der Waals surface area (Å²) < 4.78 is 0. The Bertz CT molecular complexity index is 837. The molecule has 0 unspecified atom stereocenters. The molecule has 0 aliphatic carbocycles. The predicted octanol–water partition coefficient (Wildman–Crippen LogP) is 2.71. The number of aromatic amines is 1. The van der Waals surface area contributed by atoms with Crippen molar-refractivity contribution in [2.45, 2.75) is 6.92 Å². The summed E-state index contributed by atoms with van der Waals surface area (Å²) in [6, 6.07) is 4.48. The van der Waals surface area contributed by atoms with Crippen LogP contribution in [0.3, 0.4) is 0 Å². The molecule has 0 saturated carbocycles. The van der Waals surface area contributed by atoms with Crippen LogP contribution in [0.2, 0.25) is 0 Å². The fourth-order valence-electron chi connectivity index (χ4n) is 2.19. The number of hydrogen-bond acceptors (Lipinski definition) is 5. The lowest BCUT2D eigenvalue weighted by Gasteiger charge is -1.96. The van der Waals surface area contributed by atoms with Gasteiger partial charge in [-0.05, 0) is 30.8 Å². The molecule has 2 N–H and O–H groups in total. The van der Waals surface area contributed by atoms with Gasteiger partial charge < -0.3 is 4.98 Å². The number of thioether (sulfide) groups is 1. The lowest BCUT2D eigenvalue weighted by molar-refractivity contribution is -0.384. The maximum atomic E-state index is 11.6. The van der Waals surface area contributed by atoms with Crippen molar-refractivity contribution in [3.05, 3.63) is 44.5 Å². The summed E-state index contributed by atoms with van der Waals surface area (Å²) in [7, 11) is 0. The van der Waals surface area contributed by atoms with Gasteiger partial charge in [-0.1, -0.05) is 0 Å². The second-order valence-electron chi connectivity index (χ2n) is 4.50. The molecule has 2 amide bonds. The Morgan fingerprint density at radius 1 is 1.33 bits per heavy atom. The second kappa shape index (κ2) is 4.74. The van der Waals surface area contributed by atoms with Crippen LogP contribution in [0.25, 0.3) is 17.0 Å². The van der Waals surface area contributed by atoms with Crippen LogP contribution in [0.15, 0.2) is 23.1 Å². The van der Waals surface area contributed by atoms with Crippen LogP contribution < -0.4 is 5.32 Å². The number of aromatic nitrogens is 1. The molecule has 0 radical (unpaired) electrons. The van der Waals surface area contributed by atoms with Crippen LogP contribution in [0, 0.1) is 17.0 Å². The highest BCUT2D eigenvalue weighted by Crippen LogP contribution is 2.31. The minimum Gasteiger partial charge on any atom is -0.358 e. The molecule has 1 fully saturated rings. The predicted molar refractivity (Wildman–Crippen MR) is 78.8 cm³/mol. The number of H-pyrrole nitrogens is 1. The number of nitro benzene ring substituents is 1. The van der Waals surface area contributed by atoms with Crippen molar-refractivity contribution in [2.75, 3.05) is 0 Å². The van der Waals surface area contributed by atoms with Crippen molar-refractivity contribution >= 4 is 45.6 Å². The number of carbonyl (C=O) groups is 2. The summed E-state index contributed by atoms with van der Waals surface area (Å²) in [4.78, 5) is 36.5. The average molecular weight is 303 g/mol. The van der Waals surface area contributed by atoms with Gasteiger partial charge in [0.1, 0.15) is 0 Å². The normalized spacial score (nSPS) is 16.7. The quantitative estimate of drug-likeness (QED) is 0.504. The first kappa shape index (κ1) is 13.4. The van der Waals surface area contributed by atoms with E-state index in [0.29, 0.717) is 10.9 Å². The number of nitrogens with one attached hydrogen (secondary N) is 2. The number of imide groups is 1. The molecule has 8 heteroatoms. The molecule has 0 atom stereocenters. The van der Waals surface area contributed by atoms with Gasteiger partial charge in [0.15, 0.2) is 0 Å². The monoisotopic (exact) mass is 303 g/mol. The van der Waals surface area contributed by atoms with E-state index >= 15 is 0 Å². The third kappa shape index (κ3) is 2.29. The van der Waals surface area contributed by atoms with Crippen molar-refractivity contribution in [1.82, 2.24) is 10.3 Å². The minimum atomic E-state index is -0.473. The van der Waals surface area contributed by atoms with Gasteiger partial charge in [0.25, 0.3) is 16.8 Å². The number of nitrogens with zero attached hydrogens (tertiary/aromatic N) is 1. The molecule has 106 valence electrons. The third-order valence-electron chi connectivity index (χ3n) is 3.15. The van der Waals surface area contributed by atoms with E-state index in [2.05, 4.69) is 10.3 Å². The summed E-state index contributed by atoms with van der Waals surface area (Å²) in [6.45, 7) is 1.80. The first-order valence-corrected chi connectivity index (χ1v) is 6.79. The van der Waals surface area contributed by atoms with Crippen molar-refractivity contribution < 1.29 is 14.5 Å². The van der Waals surface area contributed by atoms with E-state index < -0.39 is 16.1 Å². The molecule has 1 aromatic heterocycles. The Kier molecular flexibility index (Phi) is 3.02. The standard InChI is InChI=1S/C13H9N3O4S/c1-6-8(5-11-12(17)15-13(18)21-11)9-4-7(16(19)20)2-3-10(9)14-6/h2-5,14H,1H3,(H,15,17,18)/b11-5-. The Morgan fingerprint density at radius 3 is 2.71 bits per heavy atom. The zero-order valence-corrected chi connectivity index (χ0v) is 11.6.